The number of aliphatic imine (C=N–C) groups is 1. The van der Waals surface area contributed by atoms with Gasteiger partial charge < -0.3 is 20.4 Å². The molecular weight excluding hydrogens is 421 g/mol. The van der Waals surface area contributed by atoms with Gasteiger partial charge in [-0.3, -0.25) is 9.79 Å². The number of nitrogens with zero attached hydrogens (tertiary/aromatic N) is 2. The molecule has 0 saturated carbocycles. The zero-order valence-corrected chi connectivity index (χ0v) is 17.9. The monoisotopic (exact) mass is 451 g/mol. The summed E-state index contributed by atoms with van der Waals surface area (Å²) < 4.78 is 5.70. The van der Waals surface area contributed by atoms with Gasteiger partial charge in [-0.1, -0.05) is 20.8 Å². The third-order valence-electron chi connectivity index (χ3n) is 2.85. The van der Waals surface area contributed by atoms with Crippen LogP contribution in [0.4, 0.5) is 0 Å². The lowest BCUT2D eigenvalue weighted by atomic mass is 9.94. The van der Waals surface area contributed by atoms with Gasteiger partial charge in [0.25, 0.3) is 0 Å². The second kappa shape index (κ2) is 9.24. The van der Waals surface area contributed by atoms with Crippen LogP contribution in [0.25, 0.3) is 0 Å². The van der Waals surface area contributed by atoms with Crippen LogP contribution < -0.4 is 16.0 Å². The molecule has 1 heterocycles. The minimum absolute atomic E-state index is 0. The van der Waals surface area contributed by atoms with Crippen molar-refractivity contribution < 1.29 is 9.21 Å². The molecule has 1 aromatic rings. The Bertz CT molecular complexity index is 556. The van der Waals surface area contributed by atoms with E-state index >= 15 is 0 Å². The second-order valence-corrected chi connectivity index (χ2v) is 7.45. The quantitative estimate of drug-likeness (QED) is 0.371. The summed E-state index contributed by atoms with van der Waals surface area (Å²) in [6.45, 7) is 12.6. The van der Waals surface area contributed by atoms with Gasteiger partial charge in [0.1, 0.15) is 5.76 Å². The molecule has 24 heavy (non-hydrogen) atoms. The smallest absolute Gasteiger partial charge is 0.239 e. The molecular formula is C16H30IN5O2. The fourth-order valence-electron chi connectivity index (χ4n) is 1.75. The Hall–Kier alpha value is -1.32. The summed E-state index contributed by atoms with van der Waals surface area (Å²) in [4.78, 5) is 20.1. The number of amides is 1. The van der Waals surface area contributed by atoms with Crippen LogP contribution in [0.2, 0.25) is 0 Å². The molecule has 0 fully saturated rings. The molecule has 0 unspecified atom stereocenters. The first kappa shape index (κ1) is 22.7. The van der Waals surface area contributed by atoms with E-state index in [1.54, 1.807) is 13.2 Å². The van der Waals surface area contributed by atoms with Gasteiger partial charge in [-0.15, -0.1) is 24.0 Å². The fourth-order valence-corrected chi connectivity index (χ4v) is 1.75. The Balaban J connectivity index is 0.00000529. The number of guanidine groups is 1. The molecule has 0 aliphatic rings. The lowest BCUT2D eigenvalue weighted by molar-refractivity contribution is -0.121. The summed E-state index contributed by atoms with van der Waals surface area (Å²) in [6, 6.07) is 0. The van der Waals surface area contributed by atoms with Crippen molar-refractivity contribution >= 4 is 35.8 Å². The highest BCUT2D eigenvalue weighted by atomic mass is 127. The van der Waals surface area contributed by atoms with Crippen LogP contribution in [0.5, 0.6) is 0 Å². The SMILES string of the molecule is CN=C(NCC(=O)NC(C)(C)C)NCc1ncc(C(C)(C)C)o1.I. The Morgan fingerprint density at radius 1 is 1.21 bits per heavy atom. The summed E-state index contributed by atoms with van der Waals surface area (Å²) in [6.07, 6.45) is 1.74. The molecule has 8 heteroatoms. The van der Waals surface area contributed by atoms with Crippen molar-refractivity contribution in [3.8, 4) is 0 Å². The van der Waals surface area contributed by atoms with Crippen molar-refractivity contribution in [3.05, 3.63) is 17.8 Å². The number of oxazole rings is 1. The van der Waals surface area contributed by atoms with Crippen LogP contribution in [-0.4, -0.2) is 36.0 Å². The molecule has 0 spiro atoms. The van der Waals surface area contributed by atoms with Crippen LogP contribution >= 0.6 is 24.0 Å². The Labute approximate surface area is 161 Å². The Kier molecular flexibility index (Phi) is 8.73. The maximum atomic E-state index is 11.8. The van der Waals surface area contributed by atoms with Crippen molar-refractivity contribution in [1.82, 2.24) is 20.9 Å². The number of rotatable bonds is 4. The van der Waals surface area contributed by atoms with Crippen LogP contribution in [0, 0.1) is 0 Å². The molecule has 0 atom stereocenters. The first-order chi connectivity index (χ1) is 10.5. The van der Waals surface area contributed by atoms with E-state index in [-0.39, 0.29) is 47.4 Å². The molecule has 3 N–H and O–H groups in total. The van der Waals surface area contributed by atoms with E-state index in [1.165, 1.54) is 0 Å². The number of hydrogen-bond acceptors (Lipinski definition) is 4. The van der Waals surface area contributed by atoms with Crippen LogP contribution in [0.3, 0.4) is 0 Å². The van der Waals surface area contributed by atoms with Gasteiger partial charge in [-0.2, -0.15) is 0 Å². The third-order valence-corrected chi connectivity index (χ3v) is 2.85. The summed E-state index contributed by atoms with van der Waals surface area (Å²) in [7, 11) is 1.65. The molecule has 0 aromatic carbocycles. The summed E-state index contributed by atoms with van der Waals surface area (Å²) in [5, 5.41) is 8.91. The van der Waals surface area contributed by atoms with Crippen LogP contribution in [-0.2, 0) is 16.8 Å². The lowest BCUT2D eigenvalue weighted by Gasteiger charge is -2.21. The van der Waals surface area contributed by atoms with Gasteiger partial charge in [0, 0.05) is 18.0 Å². The predicted octanol–water partition coefficient (Wildman–Crippen LogP) is 2.17. The molecule has 7 nitrogen and oxygen atoms in total. The van der Waals surface area contributed by atoms with Gasteiger partial charge in [-0.25, -0.2) is 4.98 Å². The number of aromatic nitrogens is 1. The van der Waals surface area contributed by atoms with Crippen molar-refractivity contribution in [2.24, 2.45) is 4.99 Å². The van der Waals surface area contributed by atoms with E-state index in [2.05, 4.69) is 46.7 Å². The van der Waals surface area contributed by atoms with Gasteiger partial charge >= 0.3 is 0 Å². The third kappa shape index (κ3) is 8.51. The number of hydrogen-bond donors (Lipinski definition) is 3. The van der Waals surface area contributed by atoms with Crippen molar-refractivity contribution in [3.63, 3.8) is 0 Å². The highest BCUT2D eigenvalue weighted by Gasteiger charge is 2.19. The van der Waals surface area contributed by atoms with E-state index in [1.807, 2.05) is 20.8 Å². The van der Waals surface area contributed by atoms with Gasteiger partial charge in [0.15, 0.2) is 5.96 Å². The van der Waals surface area contributed by atoms with E-state index in [0.29, 0.717) is 18.4 Å². The zero-order valence-electron chi connectivity index (χ0n) is 15.6. The molecule has 0 saturated heterocycles. The molecule has 0 radical (unpaired) electrons. The largest absolute Gasteiger partial charge is 0.443 e. The maximum absolute atomic E-state index is 11.8. The van der Waals surface area contributed by atoms with Crippen LogP contribution in [0.15, 0.2) is 15.6 Å². The van der Waals surface area contributed by atoms with Crippen LogP contribution in [0.1, 0.15) is 53.2 Å². The van der Waals surface area contributed by atoms with E-state index in [0.717, 1.165) is 5.76 Å². The first-order valence-electron chi connectivity index (χ1n) is 7.72. The summed E-state index contributed by atoms with van der Waals surface area (Å²) in [5.74, 6) is 1.84. The zero-order chi connectivity index (χ0) is 17.7. The van der Waals surface area contributed by atoms with E-state index in [9.17, 15) is 4.79 Å². The number of halogens is 1. The number of nitrogens with one attached hydrogen (secondary N) is 3. The van der Waals surface area contributed by atoms with Crippen molar-refractivity contribution in [1.29, 1.82) is 0 Å². The normalized spacial score (nSPS) is 12.4. The van der Waals surface area contributed by atoms with E-state index in [4.69, 9.17) is 4.42 Å². The fraction of sp³-hybridized carbons (Fsp3) is 0.688. The predicted molar refractivity (Wildman–Crippen MR) is 107 cm³/mol. The minimum atomic E-state index is -0.253. The van der Waals surface area contributed by atoms with E-state index < -0.39 is 0 Å². The molecule has 1 amide bonds. The molecule has 1 aromatic heterocycles. The Morgan fingerprint density at radius 3 is 2.29 bits per heavy atom. The standard InChI is InChI=1S/C16H29N5O2.HI/c1-15(2,3)11-8-18-13(23-11)10-20-14(17-7)19-9-12(22)21-16(4,5)6;/h8H,9-10H2,1-7H3,(H,21,22)(H2,17,19,20);1H. The van der Waals surface area contributed by atoms with Gasteiger partial charge in [0.05, 0.1) is 19.3 Å². The van der Waals surface area contributed by atoms with Gasteiger partial charge in [-0.05, 0) is 20.8 Å². The second-order valence-electron chi connectivity index (χ2n) is 7.45. The number of carbonyl (C=O) groups excluding carboxylic acids is 1. The Morgan fingerprint density at radius 2 is 1.83 bits per heavy atom. The number of carbonyl (C=O) groups is 1. The highest BCUT2D eigenvalue weighted by molar-refractivity contribution is 14.0. The average Bonchev–Trinajstić information content (AvgIpc) is 2.85. The minimum Gasteiger partial charge on any atom is -0.443 e. The maximum Gasteiger partial charge on any atom is 0.239 e. The summed E-state index contributed by atoms with van der Waals surface area (Å²) in [5.41, 5.74) is -0.326. The molecule has 138 valence electrons. The highest BCUT2D eigenvalue weighted by Crippen LogP contribution is 2.22. The summed E-state index contributed by atoms with van der Waals surface area (Å²) >= 11 is 0. The molecule has 0 aliphatic carbocycles. The van der Waals surface area contributed by atoms with Crippen molar-refractivity contribution in [2.75, 3.05) is 13.6 Å². The molecule has 1 rings (SSSR count). The first-order valence-corrected chi connectivity index (χ1v) is 7.72. The topological polar surface area (TPSA) is 91.5 Å². The lowest BCUT2D eigenvalue weighted by Crippen LogP contribution is -2.48. The molecule has 0 aliphatic heterocycles. The van der Waals surface area contributed by atoms with Crippen molar-refractivity contribution in [2.45, 2.75) is 59.0 Å². The molecule has 0 bridgehead atoms. The van der Waals surface area contributed by atoms with Gasteiger partial charge in [0.2, 0.25) is 11.8 Å². The average molecular weight is 451 g/mol.